The van der Waals surface area contributed by atoms with Gasteiger partial charge in [-0.3, -0.25) is 9.48 Å². The lowest BCUT2D eigenvalue weighted by atomic mass is 9.98. The summed E-state index contributed by atoms with van der Waals surface area (Å²) in [5, 5.41) is 12.9. The van der Waals surface area contributed by atoms with Gasteiger partial charge in [0.25, 0.3) is 0 Å². The molecule has 5 heteroatoms. The number of aliphatic carboxylic acids is 1. The molecule has 0 amide bonds. The minimum absolute atomic E-state index is 0.338. The first kappa shape index (κ1) is 11.7. The first-order chi connectivity index (χ1) is 7.13. The molecular formula is C10H17N3O2. The highest BCUT2D eigenvalue weighted by atomic mass is 16.4. The zero-order valence-corrected chi connectivity index (χ0v) is 8.89. The standard InChI is InChI=1S/C10H17N3O2/c1-13-7-8(6-12-13)2-3-9(4-5-11)10(14)15/h6-7,9H,2-5,11H2,1H3,(H,14,15). The summed E-state index contributed by atoms with van der Waals surface area (Å²) in [6, 6.07) is 0. The van der Waals surface area contributed by atoms with E-state index < -0.39 is 5.97 Å². The van der Waals surface area contributed by atoms with Crippen molar-refractivity contribution in [1.82, 2.24) is 9.78 Å². The average molecular weight is 211 g/mol. The van der Waals surface area contributed by atoms with E-state index in [0.29, 0.717) is 19.4 Å². The van der Waals surface area contributed by atoms with Crippen LogP contribution in [0.5, 0.6) is 0 Å². The predicted octanol–water partition coefficient (Wildman–Crippen LogP) is 0.402. The largest absolute Gasteiger partial charge is 0.481 e. The Kier molecular flexibility index (Phi) is 4.30. The van der Waals surface area contributed by atoms with Crippen molar-refractivity contribution in [3.05, 3.63) is 18.0 Å². The second-order valence-corrected chi connectivity index (χ2v) is 3.67. The molecule has 1 unspecified atom stereocenters. The topological polar surface area (TPSA) is 81.1 Å². The molecule has 1 atom stereocenters. The lowest BCUT2D eigenvalue weighted by Gasteiger charge is -2.09. The number of hydrogen-bond donors (Lipinski definition) is 2. The molecular weight excluding hydrogens is 194 g/mol. The van der Waals surface area contributed by atoms with E-state index in [2.05, 4.69) is 5.10 Å². The van der Waals surface area contributed by atoms with Crippen LogP contribution in [0, 0.1) is 5.92 Å². The Morgan fingerprint density at radius 1 is 1.67 bits per heavy atom. The molecule has 0 spiro atoms. The molecule has 0 bridgehead atoms. The van der Waals surface area contributed by atoms with Gasteiger partial charge in [0, 0.05) is 13.2 Å². The summed E-state index contributed by atoms with van der Waals surface area (Å²) in [6.45, 7) is 0.421. The lowest BCUT2D eigenvalue weighted by molar-refractivity contribution is -0.142. The number of rotatable bonds is 6. The van der Waals surface area contributed by atoms with E-state index in [0.717, 1.165) is 12.0 Å². The first-order valence-electron chi connectivity index (χ1n) is 5.04. The molecule has 84 valence electrons. The maximum absolute atomic E-state index is 10.8. The number of nitrogens with zero attached hydrogens (tertiary/aromatic N) is 2. The quantitative estimate of drug-likeness (QED) is 0.713. The maximum atomic E-state index is 10.8. The van der Waals surface area contributed by atoms with Crippen LogP contribution < -0.4 is 5.73 Å². The third kappa shape index (κ3) is 3.71. The molecule has 1 aromatic rings. The molecule has 0 saturated heterocycles. The van der Waals surface area contributed by atoms with Gasteiger partial charge in [-0.1, -0.05) is 0 Å². The first-order valence-corrected chi connectivity index (χ1v) is 5.04. The summed E-state index contributed by atoms with van der Waals surface area (Å²) in [4.78, 5) is 10.8. The van der Waals surface area contributed by atoms with E-state index in [1.54, 1.807) is 10.9 Å². The van der Waals surface area contributed by atoms with Crippen molar-refractivity contribution in [1.29, 1.82) is 0 Å². The van der Waals surface area contributed by atoms with Crippen molar-refractivity contribution in [3.63, 3.8) is 0 Å². The lowest BCUT2D eigenvalue weighted by Crippen LogP contribution is -2.18. The van der Waals surface area contributed by atoms with E-state index in [1.807, 2.05) is 13.2 Å². The van der Waals surface area contributed by atoms with Gasteiger partial charge in [0.15, 0.2) is 0 Å². The summed E-state index contributed by atoms with van der Waals surface area (Å²) in [6.07, 6.45) is 5.57. The molecule has 15 heavy (non-hydrogen) atoms. The highest BCUT2D eigenvalue weighted by Gasteiger charge is 2.16. The molecule has 0 aliphatic carbocycles. The Morgan fingerprint density at radius 3 is 2.87 bits per heavy atom. The summed E-state index contributed by atoms with van der Waals surface area (Å²) in [7, 11) is 1.85. The normalized spacial score (nSPS) is 12.7. The fourth-order valence-corrected chi connectivity index (χ4v) is 1.53. The molecule has 0 fully saturated rings. The van der Waals surface area contributed by atoms with Gasteiger partial charge >= 0.3 is 5.97 Å². The fraction of sp³-hybridized carbons (Fsp3) is 0.600. The fourth-order valence-electron chi connectivity index (χ4n) is 1.53. The van der Waals surface area contributed by atoms with Gasteiger partial charge in [0.1, 0.15) is 0 Å². The molecule has 0 aromatic carbocycles. The summed E-state index contributed by atoms with van der Waals surface area (Å²) >= 11 is 0. The number of carbonyl (C=O) groups is 1. The molecule has 1 rings (SSSR count). The monoisotopic (exact) mass is 211 g/mol. The van der Waals surface area contributed by atoms with E-state index in [4.69, 9.17) is 10.8 Å². The zero-order chi connectivity index (χ0) is 11.3. The van der Waals surface area contributed by atoms with Crippen LogP contribution in [0.1, 0.15) is 18.4 Å². The minimum atomic E-state index is -0.760. The van der Waals surface area contributed by atoms with Gasteiger partial charge in [-0.05, 0) is 31.4 Å². The number of carboxylic acid groups (broad SMARTS) is 1. The van der Waals surface area contributed by atoms with E-state index in [1.165, 1.54) is 0 Å². The van der Waals surface area contributed by atoms with Crippen LogP contribution in [0.4, 0.5) is 0 Å². The Labute approximate surface area is 88.9 Å². The van der Waals surface area contributed by atoms with Crippen molar-refractivity contribution in [2.75, 3.05) is 6.54 Å². The molecule has 0 aliphatic heterocycles. The number of aryl methyl sites for hydroxylation is 2. The van der Waals surface area contributed by atoms with Gasteiger partial charge < -0.3 is 10.8 Å². The van der Waals surface area contributed by atoms with Gasteiger partial charge in [-0.25, -0.2) is 0 Å². The maximum Gasteiger partial charge on any atom is 0.306 e. The number of hydrogen-bond acceptors (Lipinski definition) is 3. The molecule has 1 heterocycles. The van der Waals surface area contributed by atoms with Crippen molar-refractivity contribution < 1.29 is 9.90 Å². The molecule has 5 nitrogen and oxygen atoms in total. The van der Waals surface area contributed by atoms with E-state index in [-0.39, 0.29) is 5.92 Å². The van der Waals surface area contributed by atoms with Gasteiger partial charge in [0.2, 0.25) is 0 Å². The Hall–Kier alpha value is -1.36. The number of aromatic nitrogens is 2. The Balaban J connectivity index is 2.43. The van der Waals surface area contributed by atoms with Gasteiger partial charge in [-0.15, -0.1) is 0 Å². The van der Waals surface area contributed by atoms with Crippen molar-refractivity contribution in [2.45, 2.75) is 19.3 Å². The van der Waals surface area contributed by atoms with Gasteiger partial charge in [0.05, 0.1) is 12.1 Å². The van der Waals surface area contributed by atoms with Crippen LogP contribution in [-0.4, -0.2) is 27.4 Å². The SMILES string of the molecule is Cn1cc(CCC(CCN)C(=O)O)cn1. The smallest absolute Gasteiger partial charge is 0.306 e. The van der Waals surface area contributed by atoms with Crippen LogP contribution in [0.2, 0.25) is 0 Å². The average Bonchev–Trinajstić information content (AvgIpc) is 2.58. The zero-order valence-electron chi connectivity index (χ0n) is 8.89. The molecule has 0 radical (unpaired) electrons. The third-order valence-corrected chi connectivity index (χ3v) is 2.40. The van der Waals surface area contributed by atoms with E-state index >= 15 is 0 Å². The third-order valence-electron chi connectivity index (χ3n) is 2.40. The summed E-state index contributed by atoms with van der Waals surface area (Å²) < 4.78 is 1.72. The van der Waals surface area contributed by atoms with Crippen LogP contribution >= 0.6 is 0 Å². The van der Waals surface area contributed by atoms with Crippen LogP contribution in [0.25, 0.3) is 0 Å². The number of nitrogens with two attached hydrogens (primary N) is 1. The number of carboxylic acids is 1. The van der Waals surface area contributed by atoms with Crippen molar-refractivity contribution >= 4 is 5.97 Å². The van der Waals surface area contributed by atoms with E-state index in [9.17, 15) is 4.79 Å². The van der Waals surface area contributed by atoms with Crippen LogP contribution in [0.3, 0.4) is 0 Å². The predicted molar refractivity (Wildman–Crippen MR) is 56.3 cm³/mol. The van der Waals surface area contributed by atoms with Gasteiger partial charge in [-0.2, -0.15) is 5.10 Å². The Morgan fingerprint density at radius 2 is 2.40 bits per heavy atom. The highest BCUT2D eigenvalue weighted by Crippen LogP contribution is 2.12. The second kappa shape index (κ2) is 5.50. The minimum Gasteiger partial charge on any atom is -0.481 e. The molecule has 1 aromatic heterocycles. The molecule has 0 aliphatic rings. The molecule has 0 saturated carbocycles. The van der Waals surface area contributed by atoms with Crippen molar-refractivity contribution in [2.24, 2.45) is 18.7 Å². The van der Waals surface area contributed by atoms with Crippen LogP contribution in [-0.2, 0) is 18.3 Å². The second-order valence-electron chi connectivity index (χ2n) is 3.67. The highest BCUT2D eigenvalue weighted by molar-refractivity contribution is 5.69. The van der Waals surface area contributed by atoms with Crippen molar-refractivity contribution in [3.8, 4) is 0 Å². The van der Waals surface area contributed by atoms with Crippen LogP contribution in [0.15, 0.2) is 12.4 Å². The Bertz CT molecular complexity index is 322. The summed E-state index contributed by atoms with van der Waals surface area (Å²) in [5.74, 6) is -1.10. The molecule has 3 N–H and O–H groups in total. The summed E-state index contributed by atoms with van der Waals surface area (Å²) in [5.41, 5.74) is 6.43.